The summed E-state index contributed by atoms with van der Waals surface area (Å²) in [5.41, 5.74) is 16.4. The number of anilines is 2. The molecule has 0 fully saturated rings. The van der Waals surface area contributed by atoms with Crippen LogP contribution in [0.15, 0.2) is 94.7 Å². The Balaban J connectivity index is 1.63. The molecule has 6 N–H and O–H groups in total. The number of nitrogens with two attached hydrogens (primary N) is 2. The summed E-state index contributed by atoms with van der Waals surface area (Å²) < 4.78 is 71.3. The van der Waals surface area contributed by atoms with Gasteiger partial charge in [0.25, 0.3) is 20.2 Å². The van der Waals surface area contributed by atoms with Crippen molar-refractivity contribution >= 4 is 42.6 Å². The molecule has 0 radical (unpaired) electrons. The van der Waals surface area contributed by atoms with Gasteiger partial charge in [-0.25, -0.2) is 9.97 Å². The molecular weight excluding hydrogens is 544 g/mol. The second-order valence-corrected chi connectivity index (χ2v) is 11.3. The minimum absolute atomic E-state index is 0.129. The van der Waals surface area contributed by atoms with Crippen molar-refractivity contribution in [1.29, 1.82) is 0 Å². The molecule has 0 bridgehead atoms. The molecular formula is C26H20N4O7S2. The average molecular weight is 565 g/mol. The predicted octanol–water partition coefficient (Wildman–Crippen LogP) is 4.41. The summed E-state index contributed by atoms with van der Waals surface area (Å²) in [6.07, 6.45) is 0. The molecule has 11 nitrogen and oxygen atoms in total. The maximum Gasteiger partial charge on any atom is 0.298 e. The molecule has 5 rings (SSSR count). The Kier molecular flexibility index (Phi) is 6.44. The number of rotatable bonds is 6. The van der Waals surface area contributed by atoms with E-state index in [0.29, 0.717) is 39.9 Å². The Hall–Kier alpha value is -4.56. The molecule has 198 valence electrons. The molecule has 13 heteroatoms. The molecule has 0 amide bonds. The number of benzene rings is 4. The standard InChI is InChI=1S/C26H20N4O7S2/c27-17-5-1-15(2-6-17)25-26(16-3-7-18(28)8-4-16)30-22-13-19(9-11-21(22)29-25)37-23-12-10-20(38(31,32)33)14-24(23)39(34,35)36/h1-14H,27-28H2,(H,31,32,33)(H,34,35,36). The summed E-state index contributed by atoms with van der Waals surface area (Å²) in [7, 11) is -9.64. The van der Waals surface area contributed by atoms with Crippen molar-refractivity contribution in [3.8, 4) is 34.0 Å². The van der Waals surface area contributed by atoms with E-state index in [2.05, 4.69) is 0 Å². The second kappa shape index (κ2) is 9.63. The lowest BCUT2D eigenvalue weighted by Crippen LogP contribution is -2.05. The van der Waals surface area contributed by atoms with Crippen LogP contribution in [0, 0.1) is 0 Å². The average Bonchev–Trinajstić information content (AvgIpc) is 2.88. The number of fused-ring (bicyclic) bond motifs is 1. The lowest BCUT2D eigenvalue weighted by molar-refractivity contribution is 0.448. The first-order chi connectivity index (χ1) is 18.4. The molecule has 0 unspecified atom stereocenters. The molecule has 0 saturated heterocycles. The fraction of sp³-hybridized carbons (Fsp3) is 0. The van der Waals surface area contributed by atoms with Gasteiger partial charge in [0.1, 0.15) is 16.4 Å². The van der Waals surface area contributed by atoms with Crippen molar-refractivity contribution in [1.82, 2.24) is 9.97 Å². The number of hydrogen-bond acceptors (Lipinski definition) is 9. The van der Waals surface area contributed by atoms with Crippen LogP contribution in [-0.2, 0) is 20.2 Å². The van der Waals surface area contributed by atoms with Gasteiger partial charge in [0, 0.05) is 28.6 Å². The maximum absolute atomic E-state index is 11.9. The van der Waals surface area contributed by atoms with E-state index >= 15 is 0 Å². The van der Waals surface area contributed by atoms with Gasteiger partial charge < -0.3 is 16.2 Å². The smallest absolute Gasteiger partial charge is 0.298 e. The van der Waals surface area contributed by atoms with Crippen LogP contribution in [-0.4, -0.2) is 35.9 Å². The summed E-state index contributed by atoms with van der Waals surface area (Å²) in [4.78, 5) is 8.03. The molecule has 5 aromatic rings. The highest BCUT2D eigenvalue weighted by atomic mass is 32.2. The van der Waals surface area contributed by atoms with Crippen LogP contribution in [0.4, 0.5) is 11.4 Å². The number of nitrogens with zero attached hydrogens (tertiary/aromatic N) is 2. The van der Waals surface area contributed by atoms with Crippen molar-refractivity contribution in [3.63, 3.8) is 0 Å². The van der Waals surface area contributed by atoms with Crippen LogP contribution in [0.2, 0.25) is 0 Å². The Bertz CT molecular complexity index is 1940. The number of aromatic nitrogens is 2. The normalized spacial score (nSPS) is 11.9. The van der Waals surface area contributed by atoms with Gasteiger partial charge in [-0.3, -0.25) is 9.11 Å². The van der Waals surface area contributed by atoms with E-state index in [4.69, 9.17) is 26.2 Å². The van der Waals surface area contributed by atoms with E-state index in [1.807, 2.05) is 24.3 Å². The fourth-order valence-corrected chi connectivity index (χ4v) is 5.07. The molecule has 0 aliphatic heterocycles. The van der Waals surface area contributed by atoms with E-state index in [-0.39, 0.29) is 11.5 Å². The Morgan fingerprint density at radius 1 is 0.615 bits per heavy atom. The SMILES string of the molecule is Nc1ccc(-c2nc3ccc(Oc4ccc(S(=O)(=O)O)cc4S(=O)(=O)O)cc3nc2-c2ccc(N)cc2)cc1. The van der Waals surface area contributed by atoms with Crippen LogP contribution in [0.25, 0.3) is 33.5 Å². The third kappa shape index (κ3) is 5.51. The second-order valence-electron chi connectivity index (χ2n) is 8.48. The number of hydrogen-bond donors (Lipinski definition) is 4. The fourth-order valence-electron chi connectivity index (χ4n) is 3.84. The van der Waals surface area contributed by atoms with Crippen molar-refractivity contribution in [2.45, 2.75) is 9.79 Å². The molecule has 0 spiro atoms. The lowest BCUT2D eigenvalue weighted by Gasteiger charge is -2.13. The number of ether oxygens (including phenoxy) is 1. The summed E-state index contributed by atoms with van der Waals surface area (Å²) in [6, 6.07) is 21.4. The third-order valence-corrected chi connectivity index (χ3v) is 7.45. The zero-order valence-corrected chi connectivity index (χ0v) is 21.5. The van der Waals surface area contributed by atoms with Gasteiger partial charge in [0.05, 0.1) is 27.3 Å². The van der Waals surface area contributed by atoms with Crippen molar-refractivity contribution in [2.75, 3.05) is 11.5 Å². The van der Waals surface area contributed by atoms with Crippen molar-refractivity contribution < 1.29 is 30.7 Å². The topological polar surface area (TPSA) is 196 Å². The summed E-state index contributed by atoms with van der Waals surface area (Å²) in [5.74, 6) is -0.237. The summed E-state index contributed by atoms with van der Waals surface area (Å²) in [6.45, 7) is 0. The highest BCUT2D eigenvalue weighted by molar-refractivity contribution is 7.86. The van der Waals surface area contributed by atoms with Crippen molar-refractivity contribution in [2.24, 2.45) is 0 Å². The first-order valence-corrected chi connectivity index (χ1v) is 14.1. The van der Waals surface area contributed by atoms with Gasteiger partial charge in [-0.05, 0) is 54.6 Å². The molecule has 0 aliphatic rings. The van der Waals surface area contributed by atoms with E-state index in [1.54, 1.807) is 30.3 Å². The highest BCUT2D eigenvalue weighted by Crippen LogP contribution is 2.35. The zero-order chi connectivity index (χ0) is 27.9. The van der Waals surface area contributed by atoms with Crippen LogP contribution in [0.1, 0.15) is 0 Å². The van der Waals surface area contributed by atoms with E-state index in [0.717, 1.165) is 23.3 Å². The predicted molar refractivity (Wildman–Crippen MR) is 145 cm³/mol. The molecule has 39 heavy (non-hydrogen) atoms. The minimum atomic E-state index is -4.91. The first kappa shape index (κ1) is 26.1. The quantitative estimate of drug-likeness (QED) is 0.168. The van der Waals surface area contributed by atoms with Gasteiger partial charge in [-0.1, -0.05) is 24.3 Å². The van der Waals surface area contributed by atoms with Gasteiger partial charge >= 0.3 is 0 Å². The largest absolute Gasteiger partial charge is 0.456 e. The van der Waals surface area contributed by atoms with Crippen LogP contribution < -0.4 is 16.2 Å². The van der Waals surface area contributed by atoms with Gasteiger partial charge in [-0.15, -0.1) is 0 Å². The monoisotopic (exact) mass is 564 g/mol. The molecule has 4 aromatic carbocycles. The minimum Gasteiger partial charge on any atom is -0.456 e. The van der Waals surface area contributed by atoms with E-state index in [9.17, 15) is 25.9 Å². The molecule has 1 aromatic heterocycles. The molecule has 0 saturated carbocycles. The van der Waals surface area contributed by atoms with Crippen LogP contribution in [0.5, 0.6) is 11.5 Å². The Morgan fingerprint density at radius 2 is 1.15 bits per heavy atom. The van der Waals surface area contributed by atoms with E-state index in [1.165, 1.54) is 12.1 Å². The summed E-state index contributed by atoms with van der Waals surface area (Å²) in [5, 5.41) is 0. The molecule has 1 heterocycles. The third-order valence-electron chi connectivity index (χ3n) is 5.72. The van der Waals surface area contributed by atoms with Gasteiger partial charge in [-0.2, -0.15) is 16.8 Å². The Morgan fingerprint density at radius 3 is 1.67 bits per heavy atom. The van der Waals surface area contributed by atoms with Crippen LogP contribution in [0.3, 0.4) is 0 Å². The summed E-state index contributed by atoms with van der Waals surface area (Å²) >= 11 is 0. The molecule has 0 atom stereocenters. The van der Waals surface area contributed by atoms with Crippen LogP contribution >= 0.6 is 0 Å². The Labute approximate surface area is 223 Å². The van der Waals surface area contributed by atoms with Crippen molar-refractivity contribution in [3.05, 3.63) is 84.9 Å². The van der Waals surface area contributed by atoms with Gasteiger partial charge in [0.2, 0.25) is 0 Å². The van der Waals surface area contributed by atoms with Gasteiger partial charge in [0.15, 0.2) is 0 Å². The maximum atomic E-state index is 11.9. The number of nitrogen functional groups attached to an aromatic ring is 2. The first-order valence-electron chi connectivity index (χ1n) is 11.2. The lowest BCUT2D eigenvalue weighted by atomic mass is 10.0. The van der Waals surface area contributed by atoms with E-state index < -0.39 is 30.0 Å². The highest BCUT2D eigenvalue weighted by Gasteiger charge is 2.22. The molecule has 0 aliphatic carbocycles. The zero-order valence-electron chi connectivity index (χ0n) is 19.9.